The average Bonchev–Trinajstić information content (AvgIpc) is 3.13. The summed E-state index contributed by atoms with van der Waals surface area (Å²) in [6.07, 6.45) is 1.47. The van der Waals surface area contributed by atoms with Crippen molar-refractivity contribution < 1.29 is 14.1 Å². The number of benzene rings is 1. The first kappa shape index (κ1) is 17.1. The van der Waals surface area contributed by atoms with Crippen molar-refractivity contribution >= 4 is 11.6 Å². The Morgan fingerprint density at radius 2 is 2.08 bits per heavy atom. The molecule has 0 saturated heterocycles. The van der Waals surface area contributed by atoms with Crippen LogP contribution in [0.3, 0.4) is 0 Å². The number of carbonyl (C=O) groups excluding carboxylic acids is 1. The third kappa shape index (κ3) is 3.36. The molecule has 132 valence electrons. The molecule has 0 fully saturated rings. The second-order valence-electron chi connectivity index (χ2n) is 5.42. The van der Waals surface area contributed by atoms with Crippen LogP contribution in [0.15, 0.2) is 57.9 Å². The van der Waals surface area contributed by atoms with Crippen LogP contribution in [0.4, 0.5) is 5.69 Å². The summed E-state index contributed by atoms with van der Waals surface area (Å²) in [7, 11) is 0. The van der Waals surface area contributed by atoms with Crippen LogP contribution >= 0.6 is 0 Å². The monoisotopic (exact) mass is 354 g/mol. The Kier molecular flexibility index (Phi) is 4.61. The van der Waals surface area contributed by atoms with E-state index in [0.717, 1.165) is 0 Å². The van der Waals surface area contributed by atoms with Crippen LogP contribution in [0, 0.1) is 17.0 Å². The molecule has 0 aliphatic heterocycles. The Morgan fingerprint density at radius 1 is 1.31 bits per heavy atom. The number of nitro groups is 1. The number of carbonyl (C=O) groups is 1. The minimum absolute atomic E-state index is 0.0896. The topological polar surface area (TPSA) is 120 Å². The fourth-order valence-electron chi connectivity index (χ4n) is 2.41. The van der Waals surface area contributed by atoms with E-state index >= 15 is 0 Å². The molecule has 3 aromatic rings. The van der Waals surface area contributed by atoms with Crippen LogP contribution in [0.1, 0.15) is 21.9 Å². The first-order chi connectivity index (χ1) is 12.5. The highest BCUT2D eigenvalue weighted by atomic mass is 16.6. The van der Waals surface area contributed by atoms with Crippen molar-refractivity contribution in [1.29, 1.82) is 0 Å². The molecule has 0 atom stereocenters. The van der Waals surface area contributed by atoms with Crippen molar-refractivity contribution in [3.8, 4) is 5.69 Å². The molecular weight excluding hydrogens is 340 g/mol. The summed E-state index contributed by atoms with van der Waals surface area (Å²) >= 11 is 0. The van der Waals surface area contributed by atoms with E-state index in [1.807, 2.05) is 0 Å². The van der Waals surface area contributed by atoms with Crippen LogP contribution in [0.25, 0.3) is 5.69 Å². The minimum Gasteiger partial charge on any atom is -0.467 e. The second-order valence-corrected chi connectivity index (χ2v) is 5.42. The van der Waals surface area contributed by atoms with Crippen LogP contribution in [0.2, 0.25) is 0 Å². The summed E-state index contributed by atoms with van der Waals surface area (Å²) in [5, 5.41) is 17.8. The van der Waals surface area contributed by atoms with Gasteiger partial charge in [-0.15, -0.1) is 0 Å². The van der Waals surface area contributed by atoms with Gasteiger partial charge in [0.2, 0.25) is 5.43 Å². The first-order valence-electron chi connectivity index (χ1n) is 7.62. The summed E-state index contributed by atoms with van der Waals surface area (Å²) in [4.78, 5) is 35.2. The molecule has 2 aromatic heterocycles. The van der Waals surface area contributed by atoms with Gasteiger partial charge in [-0.05, 0) is 25.1 Å². The van der Waals surface area contributed by atoms with Gasteiger partial charge in [-0.25, -0.2) is 4.68 Å². The zero-order chi connectivity index (χ0) is 18.7. The van der Waals surface area contributed by atoms with Gasteiger partial charge in [0.05, 0.1) is 17.7 Å². The summed E-state index contributed by atoms with van der Waals surface area (Å²) in [6, 6.07) is 10.5. The lowest BCUT2D eigenvalue weighted by Gasteiger charge is -2.11. The van der Waals surface area contributed by atoms with Gasteiger partial charge in [-0.2, -0.15) is 5.10 Å². The van der Waals surface area contributed by atoms with E-state index in [4.69, 9.17) is 4.42 Å². The SMILES string of the molecule is Cc1cc(=O)c(C(=O)NCc2ccco2)nn1-c1ccccc1[N+](=O)[O-]. The molecule has 0 bridgehead atoms. The molecule has 26 heavy (non-hydrogen) atoms. The van der Waals surface area contributed by atoms with Crippen molar-refractivity contribution in [3.05, 3.63) is 86.2 Å². The Bertz CT molecular complexity index is 1020. The van der Waals surface area contributed by atoms with E-state index in [-0.39, 0.29) is 23.6 Å². The standard InChI is InChI=1S/C17H14N4O5/c1-11-9-15(22)16(17(23)18-10-12-5-4-8-26-12)19-20(11)13-6-2-3-7-14(13)21(24)25/h2-9H,10H2,1H3,(H,18,23). The van der Waals surface area contributed by atoms with Crippen LogP contribution in [-0.4, -0.2) is 20.6 Å². The highest BCUT2D eigenvalue weighted by Crippen LogP contribution is 2.22. The van der Waals surface area contributed by atoms with E-state index in [1.165, 1.54) is 35.2 Å². The van der Waals surface area contributed by atoms with Crippen molar-refractivity contribution in [2.45, 2.75) is 13.5 Å². The van der Waals surface area contributed by atoms with E-state index in [9.17, 15) is 19.7 Å². The first-order valence-corrected chi connectivity index (χ1v) is 7.62. The normalized spacial score (nSPS) is 10.5. The highest BCUT2D eigenvalue weighted by molar-refractivity contribution is 5.92. The molecule has 0 radical (unpaired) electrons. The van der Waals surface area contributed by atoms with Crippen molar-refractivity contribution in [2.24, 2.45) is 0 Å². The summed E-state index contributed by atoms with van der Waals surface area (Å²) < 4.78 is 6.32. The van der Waals surface area contributed by atoms with Crippen molar-refractivity contribution in [3.63, 3.8) is 0 Å². The Balaban J connectivity index is 1.99. The summed E-state index contributed by atoms with van der Waals surface area (Å²) in [6.45, 7) is 1.67. The van der Waals surface area contributed by atoms with Gasteiger partial charge in [0, 0.05) is 17.8 Å². The van der Waals surface area contributed by atoms with Gasteiger partial charge >= 0.3 is 0 Å². The number of rotatable bonds is 5. The zero-order valence-corrected chi connectivity index (χ0v) is 13.7. The van der Waals surface area contributed by atoms with Gasteiger partial charge in [-0.3, -0.25) is 19.7 Å². The van der Waals surface area contributed by atoms with Gasteiger partial charge in [0.25, 0.3) is 11.6 Å². The molecule has 1 N–H and O–H groups in total. The number of hydrogen-bond acceptors (Lipinski definition) is 6. The Morgan fingerprint density at radius 3 is 2.77 bits per heavy atom. The number of nitro benzene ring substituents is 1. The second kappa shape index (κ2) is 7.01. The quantitative estimate of drug-likeness (QED) is 0.552. The van der Waals surface area contributed by atoms with Gasteiger partial charge in [0.1, 0.15) is 11.4 Å². The number of aromatic nitrogens is 2. The fourth-order valence-corrected chi connectivity index (χ4v) is 2.41. The van der Waals surface area contributed by atoms with E-state index in [0.29, 0.717) is 11.5 Å². The highest BCUT2D eigenvalue weighted by Gasteiger charge is 2.20. The van der Waals surface area contributed by atoms with Crippen LogP contribution < -0.4 is 10.7 Å². The predicted molar refractivity (Wildman–Crippen MR) is 91.1 cm³/mol. The third-order valence-corrected chi connectivity index (χ3v) is 3.63. The molecule has 9 heteroatoms. The van der Waals surface area contributed by atoms with Gasteiger partial charge in [0.15, 0.2) is 5.69 Å². The molecule has 0 aliphatic rings. The Labute approximate surface area is 147 Å². The zero-order valence-electron chi connectivity index (χ0n) is 13.7. The third-order valence-electron chi connectivity index (χ3n) is 3.63. The molecule has 2 heterocycles. The molecule has 0 spiro atoms. The van der Waals surface area contributed by atoms with Gasteiger partial charge in [-0.1, -0.05) is 12.1 Å². The van der Waals surface area contributed by atoms with Crippen LogP contribution in [0.5, 0.6) is 0 Å². The molecular formula is C17H14N4O5. The Hall–Kier alpha value is -3.75. The average molecular weight is 354 g/mol. The van der Waals surface area contributed by atoms with Crippen LogP contribution in [-0.2, 0) is 6.54 Å². The number of aryl methyl sites for hydroxylation is 1. The lowest BCUT2D eigenvalue weighted by Crippen LogP contribution is -2.31. The maximum atomic E-state index is 12.3. The van der Waals surface area contributed by atoms with Crippen molar-refractivity contribution in [2.75, 3.05) is 0 Å². The minimum atomic E-state index is -0.696. The van der Waals surface area contributed by atoms with E-state index < -0.39 is 16.3 Å². The largest absolute Gasteiger partial charge is 0.467 e. The number of nitrogens with one attached hydrogen (secondary N) is 1. The summed E-state index contributed by atoms with van der Waals surface area (Å²) in [5.41, 5.74) is -0.592. The van der Waals surface area contributed by atoms with E-state index in [2.05, 4.69) is 10.4 Å². The number of amides is 1. The predicted octanol–water partition coefficient (Wildman–Crippen LogP) is 1.97. The smallest absolute Gasteiger partial charge is 0.294 e. The maximum Gasteiger partial charge on any atom is 0.294 e. The molecule has 1 aromatic carbocycles. The lowest BCUT2D eigenvalue weighted by atomic mass is 10.2. The summed E-state index contributed by atoms with van der Waals surface area (Å²) in [5.74, 6) is -0.178. The molecule has 3 rings (SSSR count). The molecule has 0 unspecified atom stereocenters. The van der Waals surface area contributed by atoms with Gasteiger partial charge < -0.3 is 9.73 Å². The number of nitrogens with zero attached hydrogens (tertiary/aromatic N) is 3. The molecule has 1 amide bonds. The van der Waals surface area contributed by atoms with E-state index in [1.54, 1.807) is 25.1 Å². The van der Waals surface area contributed by atoms with Crippen molar-refractivity contribution in [1.82, 2.24) is 15.1 Å². The lowest BCUT2D eigenvalue weighted by molar-refractivity contribution is -0.384. The fraction of sp³-hybridized carbons (Fsp3) is 0.118. The number of hydrogen-bond donors (Lipinski definition) is 1. The number of para-hydroxylation sites is 2. The molecule has 9 nitrogen and oxygen atoms in total. The maximum absolute atomic E-state index is 12.3. The number of furan rings is 1. The molecule has 0 aliphatic carbocycles. The molecule has 0 saturated carbocycles.